The summed E-state index contributed by atoms with van der Waals surface area (Å²) in [7, 11) is 0. The molecule has 2 aromatic rings. The van der Waals surface area contributed by atoms with E-state index in [-0.39, 0.29) is 17.9 Å². The second-order valence-corrected chi connectivity index (χ2v) is 5.35. The lowest BCUT2D eigenvalue weighted by molar-refractivity contribution is -0.385. The first-order chi connectivity index (χ1) is 9.99. The molecule has 2 rings (SSSR count). The Labute approximate surface area is 133 Å². The third-order valence-electron chi connectivity index (χ3n) is 2.70. The first-order valence-electron chi connectivity index (χ1n) is 5.83. The van der Waals surface area contributed by atoms with Gasteiger partial charge in [0.2, 0.25) is 0 Å². The molecule has 2 aromatic carbocycles. The highest BCUT2D eigenvalue weighted by molar-refractivity contribution is 9.10. The van der Waals surface area contributed by atoms with Crippen molar-refractivity contribution in [2.24, 2.45) is 0 Å². The molecule has 0 aliphatic rings. The number of nitrogens with zero attached hydrogens (tertiary/aromatic N) is 1. The van der Waals surface area contributed by atoms with Crippen LogP contribution < -0.4 is 0 Å². The summed E-state index contributed by atoms with van der Waals surface area (Å²) in [5.41, 5.74) is 0.582. The smallest absolute Gasteiger partial charge is 0.338 e. The fraction of sp³-hybridized carbons (Fsp3) is 0.0714. The van der Waals surface area contributed by atoms with E-state index in [1.54, 1.807) is 24.3 Å². The fourth-order valence-corrected chi connectivity index (χ4v) is 2.20. The molecule has 0 aliphatic heterocycles. The van der Waals surface area contributed by atoms with Gasteiger partial charge in [0.1, 0.15) is 6.61 Å². The summed E-state index contributed by atoms with van der Waals surface area (Å²) in [4.78, 5) is 22.2. The van der Waals surface area contributed by atoms with Gasteiger partial charge in [-0.3, -0.25) is 10.1 Å². The van der Waals surface area contributed by atoms with Crippen molar-refractivity contribution >= 4 is 39.2 Å². The molecule has 0 saturated heterocycles. The van der Waals surface area contributed by atoms with E-state index in [2.05, 4.69) is 15.9 Å². The number of ether oxygens (including phenoxy) is 1. The molecule has 0 radical (unpaired) electrons. The van der Waals surface area contributed by atoms with Crippen LogP contribution in [-0.2, 0) is 11.3 Å². The van der Waals surface area contributed by atoms with Gasteiger partial charge in [-0.2, -0.15) is 0 Å². The van der Waals surface area contributed by atoms with E-state index in [0.29, 0.717) is 15.1 Å². The highest BCUT2D eigenvalue weighted by Gasteiger charge is 2.17. The molecule has 5 nitrogen and oxygen atoms in total. The van der Waals surface area contributed by atoms with Gasteiger partial charge in [0, 0.05) is 16.7 Å². The molecular formula is C14H9BrClNO4. The van der Waals surface area contributed by atoms with Crippen LogP contribution in [-0.4, -0.2) is 10.9 Å². The molecule has 0 N–H and O–H groups in total. The van der Waals surface area contributed by atoms with Crippen molar-refractivity contribution in [2.75, 3.05) is 0 Å². The Bertz CT molecular complexity index is 705. The molecule has 0 heterocycles. The maximum Gasteiger partial charge on any atom is 0.338 e. The van der Waals surface area contributed by atoms with Crippen molar-refractivity contribution in [1.82, 2.24) is 0 Å². The highest BCUT2D eigenvalue weighted by Crippen LogP contribution is 2.26. The Morgan fingerprint density at radius 2 is 2.00 bits per heavy atom. The summed E-state index contributed by atoms with van der Waals surface area (Å²) in [6, 6.07) is 11.0. The molecule has 0 unspecified atom stereocenters. The first kappa shape index (κ1) is 15.5. The van der Waals surface area contributed by atoms with Gasteiger partial charge in [-0.25, -0.2) is 4.79 Å². The summed E-state index contributed by atoms with van der Waals surface area (Å²) in [6.07, 6.45) is 0. The van der Waals surface area contributed by atoms with Crippen LogP contribution in [0.1, 0.15) is 15.9 Å². The highest BCUT2D eigenvalue weighted by atomic mass is 79.9. The molecule has 0 aromatic heterocycles. The van der Waals surface area contributed by atoms with Crippen molar-refractivity contribution in [3.8, 4) is 0 Å². The number of carbonyl (C=O) groups excluding carboxylic acids is 1. The Balaban J connectivity index is 2.12. The molecule has 0 spiro atoms. The van der Waals surface area contributed by atoms with Crippen LogP contribution in [0.15, 0.2) is 46.9 Å². The van der Waals surface area contributed by atoms with E-state index in [4.69, 9.17) is 16.3 Å². The Morgan fingerprint density at radius 3 is 2.67 bits per heavy atom. The molecule has 21 heavy (non-hydrogen) atoms. The molecule has 0 bridgehead atoms. The lowest BCUT2D eigenvalue weighted by atomic mass is 10.2. The Hall–Kier alpha value is -1.92. The number of nitro groups is 1. The molecule has 0 aliphatic carbocycles. The number of hydrogen-bond donors (Lipinski definition) is 0. The van der Waals surface area contributed by atoms with E-state index in [0.717, 1.165) is 0 Å². The summed E-state index contributed by atoms with van der Waals surface area (Å²) < 4.78 is 5.41. The number of halogens is 2. The van der Waals surface area contributed by atoms with E-state index in [9.17, 15) is 14.9 Å². The minimum absolute atomic E-state index is 0.00235. The SMILES string of the molecule is O=C(OCc1ccccc1Cl)c1ccc(Br)c([N+](=O)[O-])c1. The zero-order valence-electron chi connectivity index (χ0n) is 10.6. The second kappa shape index (κ2) is 6.69. The average molecular weight is 371 g/mol. The fourth-order valence-electron chi connectivity index (χ4n) is 1.62. The summed E-state index contributed by atoms with van der Waals surface area (Å²) in [5.74, 6) is -0.648. The molecule has 108 valence electrons. The standard InChI is InChI=1S/C14H9BrClNO4/c15-11-6-5-9(7-13(11)17(19)20)14(18)21-8-10-3-1-2-4-12(10)16/h1-7H,8H2. The molecule has 7 heteroatoms. The number of rotatable bonds is 4. The van der Waals surface area contributed by atoms with Gasteiger partial charge in [-0.1, -0.05) is 29.8 Å². The van der Waals surface area contributed by atoms with Crippen LogP contribution in [0.2, 0.25) is 5.02 Å². The molecule has 0 saturated carbocycles. The molecule has 0 fully saturated rings. The number of benzene rings is 2. The lowest BCUT2D eigenvalue weighted by Crippen LogP contribution is -2.06. The quantitative estimate of drug-likeness (QED) is 0.455. The van der Waals surface area contributed by atoms with Crippen molar-refractivity contribution in [3.05, 3.63) is 73.2 Å². The second-order valence-electron chi connectivity index (χ2n) is 4.09. The van der Waals surface area contributed by atoms with Crippen LogP contribution in [0.3, 0.4) is 0 Å². The lowest BCUT2D eigenvalue weighted by Gasteiger charge is -2.06. The molecule has 0 atom stereocenters. The minimum atomic E-state index is -0.648. The van der Waals surface area contributed by atoms with Gasteiger partial charge in [0.05, 0.1) is 15.0 Å². The van der Waals surface area contributed by atoms with Crippen molar-refractivity contribution in [2.45, 2.75) is 6.61 Å². The zero-order chi connectivity index (χ0) is 15.4. The first-order valence-corrected chi connectivity index (χ1v) is 7.00. The number of carbonyl (C=O) groups is 1. The van der Waals surface area contributed by atoms with Gasteiger partial charge in [-0.15, -0.1) is 0 Å². The van der Waals surface area contributed by atoms with Gasteiger partial charge in [0.25, 0.3) is 5.69 Å². The number of hydrogen-bond acceptors (Lipinski definition) is 4. The Morgan fingerprint density at radius 1 is 1.29 bits per heavy atom. The minimum Gasteiger partial charge on any atom is -0.457 e. The van der Waals surface area contributed by atoms with Crippen LogP contribution in [0.25, 0.3) is 0 Å². The predicted octanol–water partition coefficient (Wildman–Crippen LogP) is 4.37. The van der Waals surface area contributed by atoms with Crippen LogP contribution in [0, 0.1) is 10.1 Å². The van der Waals surface area contributed by atoms with Gasteiger partial charge in [0.15, 0.2) is 0 Å². The van der Waals surface area contributed by atoms with Gasteiger partial charge < -0.3 is 4.74 Å². The van der Waals surface area contributed by atoms with Crippen LogP contribution >= 0.6 is 27.5 Å². The Kier molecular flexibility index (Phi) is 4.93. The van der Waals surface area contributed by atoms with Crippen molar-refractivity contribution in [1.29, 1.82) is 0 Å². The number of nitro benzene ring substituents is 1. The molecular weight excluding hydrogens is 362 g/mol. The van der Waals surface area contributed by atoms with Crippen LogP contribution in [0.5, 0.6) is 0 Å². The average Bonchev–Trinajstić information content (AvgIpc) is 2.46. The van der Waals surface area contributed by atoms with Gasteiger partial charge in [-0.05, 0) is 34.1 Å². The van der Waals surface area contributed by atoms with Crippen molar-refractivity contribution in [3.63, 3.8) is 0 Å². The zero-order valence-corrected chi connectivity index (χ0v) is 12.9. The molecule has 0 amide bonds. The number of esters is 1. The third-order valence-corrected chi connectivity index (χ3v) is 3.73. The van der Waals surface area contributed by atoms with Gasteiger partial charge >= 0.3 is 5.97 Å². The monoisotopic (exact) mass is 369 g/mol. The van der Waals surface area contributed by atoms with Crippen molar-refractivity contribution < 1.29 is 14.5 Å². The predicted molar refractivity (Wildman–Crippen MR) is 81.4 cm³/mol. The summed E-state index contributed by atoms with van der Waals surface area (Å²) in [6.45, 7) is 0.00235. The van der Waals surface area contributed by atoms with E-state index >= 15 is 0 Å². The van der Waals surface area contributed by atoms with E-state index < -0.39 is 10.9 Å². The van der Waals surface area contributed by atoms with Crippen LogP contribution in [0.4, 0.5) is 5.69 Å². The third kappa shape index (κ3) is 3.80. The largest absolute Gasteiger partial charge is 0.457 e. The summed E-state index contributed by atoms with van der Waals surface area (Å²) >= 11 is 9.01. The summed E-state index contributed by atoms with van der Waals surface area (Å²) in [5, 5.41) is 11.3. The topological polar surface area (TPSA) is 69.4 Å². The normalized spacial score (nSPS) is 10.2. The maximum atomic E-state index is 11.9. The van der Waals surface area contributed by atoms with E-state index in [1.807, 2.05) is 0 Å². The van der Waals surface area contributed by atoms with E-state index in [1.165, 1.54) is 18.2 Å². The maximum absolute atomic E-state index is 11.9.